The average molecular weight is 216 g/mol. The Morgan fingerprint density at radius 1 is 1.21 bits per heavy atom. The molecule has 1 aliphatic rings. The lowest BCUT2D eigenvalue weighted by Crippen LogP contribution is -2.58. The van der Waals surface area contributed by atoms with E-state index in [9.17, 15) is 10.0 Å². The fourth-order valence-corrected chi connectivity index (χ4v) is 2.62. The van der Waals surface area contributed by atoms with Crippen LogP contribution >= 0.6 is 12.6 Å². The van der Waals surface area contributed by atoms with Gasteiger partial charge in [-0.1, -0.05) is 0 Å². The number of thiol groups is 1. The van der Waals surface area contributed by atoms with E-state index in [4.69, 9.17) is 0 Å². The van der Waals surface area contributed by atoms with E-state index in [1.54, 1.807) is 0 Å². The van der Waals surface area contributed by atoms with E-state index in [2.05, 4.69) is 12.6 Å². The number of hydrogen-bond acceptors (Lipinski definition) is 2. The maximum Gasteiger partial charge on any atom is 0.189 e. The predicted octanol–water partition coefficient (Wildman–Crippen LogP) is 2.06. The Kier molecular flexibility index (Phi) is 3.01. The van der Waals surface area contributed by atoms with Gasteiger partial charge in [-0.15, -0.1) is 22.9 Å². The Labute approximate surface area is 90.8 Å². The molecule has 0 aromatic heterocycles. The third-order valence-corrected chi connectivity index (χ3v) is 3.31. The molecule has 0 atom stereocenters. The van der Waals surface area contributed by atoms with Crippen molar-refractivity contribution in [2.75, 3.05) is 0 Å². The highest BCUT2D eigenvalue weighted by molar-refractivity contribution is 7.96. The van der Waals surface area contributed by atoms with Crippen LogP contribution in [-0.4, -0.2) is 21.3 Å². The molecule has 0 bridgehead atoms. The van der Waals surface area contributed by atoms with Crippen molar-refractivity contribution >= 4 is 17.7 Å². The first kappa shape index (κ1) is 12.0. The van der Waals surface area contributed by atoms with Crippen molar-refractivity contribution in [1.29, 1.82) is 0 Å². The normalized spacial score (nSPS) is 27.6. The molecule has 0 N–H and O–H groups in total. The van der Waals surface area contributed by atoms with Gasteiger partial charge >= 0.3 is 0 Å². The molecule has 1 fully saturated rings. The molecule has 0 unspecified atom stereocenters. The van der Waals surface area contributed by atoms with Crippen LogP contribution in [0.25, 0.3) is 0 Å². The molecule has 0 aromatic carbocycles. The Bertz CT molecular complexity index is 233. The van der Waals surface area contributed by atoms with Gasteiger partial charge < -0.3 is 0 Å². The van der Waals surface area contributed by atoms with Crippen molar-refractivity contribution in [3.63, 3.8) is 0 Å². The zero-order valence-corrected chi connectivity index (χ0v) is 10.1. The molecule has 81 valence electrons. The van der Waals surface area contributed by atoms with Gasteiger partial charge in [-0.05, 0) is 40.5 Å². The number of nitrogens with zero attached hydrogens (tertiary/aromatic N) is 1. The molecule has 0 aliphatic carbocycles. The summed E-state index contributed by atoms with van der Waals surface area (Å²) in [6.07, 6.45) is 1.20. The minimum Gasteiger partial charge on any atom is -0.287 e. The van der Waals surface area contributed by atoms with Crippen LogP contribution in [0.15, 0.2) is 0 Å². The Morgan fingerprint density at radius 3 is 1.86 bits per heavy atom. The zero-order chi connectivity index (χ0) is 11.1. The van der Waals surface area contributed by atoms with Crippen LogP contribution in [0.4, 0.5) is 0 Å². The molecule has 0 spiro atoms. The van der Waals surface area contributed by atoms with Gasteiger partial charge in [0.15, 0.2) is 5.12 Å². The number of carbonyl (C=O) groups excluding carboxylic acids is 1. The van der Waals surface area contributed by atoms with Gasteiger partial charge in [0.1, 0.15) is 0 Å². The van der Waals surface area contributed by atoms with Crippen LogP contribution in [0.5, 0.6) is 0 Å². The molecular formula is C10H18NO2S. The molecule has 0 saturated carbocycles. The monoisotopic (exact) mass is 216 g/mol. The summed E-state index contributed by atoms with van der Waals surface area (Å²) in [6.45, 7) is 7.52. The van der Waals surface area contributed by atoms with Gasteiger partial charge in [0.2, 0.25) is 0 Å². The van der Waals surface area contributed by atoms with Gasteiger partial charge in [-0.3, -0.25) is 4.79 Å². The second-order valence-electron chi connectivity index (χ2n) is 5.36. The maximum absolute atomic E-state index is 11.9. The third-order valence-electron chi connectivity index (χ3n) is 2.94. The summed E-state index contributed by atoms with van der Waals surface area (Å²) < 4.78 is 0. The predicted molar refractivity (Wildman–Crippen MR) is 57.4 cm³/mol. The van der Waals surface area contributed by atoms with E-state index in [-0.39, 0.29) is 11.0 Å². The molecule has 14 heavy (non-hydrogen) atoms. The molecule has 1 aliphatic heterocycles. The summed E-state index contributed by atoms with van der Waals surface area (Å²) in [4.78, 5) is 11.2. The molecule has 1 rings (SSSR count). The van der Waals surface area contributed by atoms with Crippen LogP contribution in [-0.2, 0) is 10.0 Å². The Hall–Kier alpha value is -0.0600. The van der Waals surface area contributed by atoms with Crippen molar-refractivity contribution < 1.29 is 10.0 Å². The largest absolute Gasteiger partial charge is 0.287 e. The van der Waals surface area contributed by atoms with E-state index in [1.807, 2.05) is 27.7 Å². The number of carbonyl (C=O) groups is 1. The lowest BCUT2D eigenvalue weighted by molar-refractivity contribution is -0.292. The van der Waals surface area contributed by atoms with E-state index in [1.165, 1.54) is 0 Å². The summed E-state index contributed by atoms with van der Waals surface area (Å²) in [5.74, 6) is -0.0893. The molecule has 1 radical (unpaired) electrons. The lowest BCUT2D eigenvalue weighted by atomic mass is 9.76. The number of hydroxylamine groups is 2. The van der Waals surface area contributed by atoms with Gasteiger partial charge in [0.25, 0.3) is 0 Å². The Morgan fingerprint density at radius 2 is 1.57 bits per heavy atom. The fraction of sp³-hybridized carbons (Fsp3) is 0.900. The SMILES string of the molecule is CC1(C)CC(C(=O)S)CC(C)(C)N1[O]. The second kappa shape index (κ2) is 3.51. The van der Waals surface area contributed by atoms with Crippen LogP contribution < -0.4 is 0 Å². The Balaban J connectivity index is 2.91. The molecule has 0 amide bonds. The number of rotatable bonds is 1. The molecule has 1 heterocycles. The van der Waals surface area contributed by atoms with E-state index >= 15 is 0 Å². The summed E-state index contributed by atoms with van der Waals surface area (Å²) >= 11 is 3.87. The highest BCUT2D eigenvalue weighted by Crippen LogP contribution is 2.40. The molecule has 3 nitrogen and oxygen atoms in total. The summed E-state index contributed by atoms with van der Waals surface area (Å²) in [5, 5.41) is 12.9. The standard InChI is InChI=1S/C10H18NO2S/c1-9(2)5-7(8(12)14)6-10(3,4)11(9)13/h7H,5-6H2,1-4H3,(H,12,14). The molecule has 4 heteroatoms. The maximum atomic E-state index is 11.9. The van der Waals surface area contributed by atoms with E-state index in [0.29, 0.717) is 12.8 Å². The summed E-state index contributed by atoms with van der Waals surface area (Å²) in [6, 6.07) is 0. The van der Waals surface area contributed by atoms with E-state index < -0.39 is 11.1 Å². The first-order chi connectivity index (χ1) is 6.17. The van der Waals surface area contributed by atoms with Gasteiger partial charge in [0.05, 0.1) is 0 Å². The highest BCUT2D eigenvalue weighted by atomic mass is 32.1. The van der Waals surface area contributed by atoms with Gasteiger partial charge in [-0.2, -0.15) is 0 Å². The minimum atomic E-state index is -0.467. The van der Waals surface area contributed by atoms with Crippen molar-refractivity contribution in [3.05, 3.63) is 0 Å². The second-order valence-corrected chi connectivity index (χ2v) is 5.80. The smallest absolute Gasteiger partial charge is 0.189 e. The molecular weight excluding hydrogens is 198 g/mol. The third kappa shape index (κ3) is 2.12. The van der Waals surface area contributed by atoms with Crippen molar-refractivity contribution in [2.24, 2.45) is 5.92 Å². The van der Waals surface area contributed by atoms with Crippen molar-refractivity contribution in [1.82, 2.24) is 5.06 Å². The van der Waals surface area contributed by atoms with Crippen LogP contribution in [0.2, 0.25) is 0 Å². The van der Waals surface area contributed by atoms with Crippen molar-refractivity contribution in [2.45, 2.75) is 51.6 Å². The van der Waals surface area contributed by atoms with Crippen molar-refractivity contribution in [3.8, 4) is 0 Å². The molecule has 1 saturated heterocycles. The molecule has 0 aromatic rings. The van der Waals surface area contributed by atoms with Gasteiger partial charge in [0, 0.05) is 17.0 Å². The minimum absolute atomic E-state index is 0.0893. The lowest BCUT2D eigenvalue weighted by Gasteiger charge is -2.49. The fourth-order valence-electron chi connectivity index (χ4n) is 2.44. The van der Waals surface area contributed by atoms with E-state index in [0.717, 1.165) is 5.06 Å². The highest BCUT2D eigenvalue weighted by Gasteiger charge is 2.47. The summed E-state index contributed by atoms with van der Waals surface area (Å²) in [5.41, 5.74) is -0.935. The first-order valence-corrected chi connectivity index (χ1v) is 5.32. The first-order valence-electron chi connectivity index (χ1n) is 4.87. The zero-order valence-electron chi connectivity index (χ0n) is 9.20. The summed E-state index contributed by atoms with van der Waals surface area (Å²) in [7, 11) is 0. The number of hydrogen-bond donors (Lipinski definition) is 1. The van der Waals surface area contributed by atoms with Gasteiger partial charge in [-0.25, -0.2) is 0 Å². The topological polar surface area (TPSA) is 40.2 Å². The van der Waals surface area contributed by atoms with Crippen LogP contribution in [0.3, 0.4) is 0 Å². The van der Waals surface area contributed by atoms with Crippen LogP contribution in [0.1, 0.15) is 40.5 Å². The quantitative estimate of drug-likeness (QED) is 0.681. The number of piperidine rings is 1. The van der Waals surface area contributed by atoms with Crippen LogP contribution in [0, 0.1) is 5.92 Å². The average Bonchev–Trinajstić information content (AvgIpc) is 1.98.